The summed E-state index contributed by atoms with van der Waals surface area (Å²) in [7, 11) is 0. The van der Waals surface area contributed by atoms with Gasteiger partial charge in [-0.05, 0) is 12.0 Å². The summed E-state index contributed by atoms with van der Waals surface area (Å²) in [5.41, 5.74) is 2.43. The highest BCUT2D eigenvalue weighted by Gasteiger charge is 2.17. The summed E-state index contributed by atoms with van der Waals surface area (Å²) in [6.45, 7) is 7.15. The molecule has 1 amide bonds. The van der Waals surface area contributed by atoms with Gasteiger partial charge in [-0.25, -0.2) is 4.98 Å². The zero-order valence-electron chi connectivity index (χ0n) is 13.6. The highest BCUT2D eigenvalue weighted by Crippen LogP contribution is 2.24. The Morgan fingerprint density at radius 2 is 1.91 bits per heavy atom. The number of nitrogens with one attached hydrogen (secondary N) is 1. The fraction of sp³-hybridized carbons (Fsp3) is 0.444. The van der Waals surface area contributed by atoms with Gasteiger partial charge in [0.15, 0.2) is 0 Å². The van der Waals surface area contributed by atoms with E-state index >= 15 is 0 Å². The summed E-state index contributed by atoms with van der Waals surface area (Å²) in [5, 5.41) is 6.12. The Morgan fingerprint density at radius 1 is 1.18 bits per heavy atom. The van der Waals surface area contributed by atoms with Gasteiger partial charge < -0.3 is 5.32 Å². The Labute approximate surface area is 136 Å². The summed E-state index contributed by atoms with van der Waals surface area (Å²) in [5.74, 6) is 0.100. The Balaban J connectivity index is 1.70. The van der Waals surface area contributed by atoms with Crippen LogP contribution < -0.4 is 5.32 Å². The zero-order chi connectivity index (χ0) is 16.0. The van der Waals surface area contributed by atoms with Gasteiger partial charge in [-0.3, -0.25) is 4.79 Å². The fourth-order valence-electron chi connectivity index (χ4n) is 2.07. The van der Waals surface area contributed by atoms with Crippen LogP contribution in [0.1, 0.15) is 43.5 Å². The molecule has 0 saturated carbocycles. The van der Waals surface area contributed by atoms with Crippen molar-refractivity contribution in [2.75, 3.05) is 6.54 Å². The van der Waals surface area contributed by atoms with Gasteiger partial charge in [0.05, 0.1) is 10.7 Å². The summed E-state index contributed by atoms with van der Waals surface area (Å²) in [4.78, 5) is 16.5. The maximum atomic E-state index is 11.9. The fourth-order valence-corrected chi connectivity index (χ4v) is 3.09. The van der Waals surface area contributed by atoms with Gasteiger partial charge >= 0.3 is 0 Å². The van der Waals surface area contributed by atoms with Crippen LogP contribution in [-0.2, 0) is 23.1 Å². The highest BCUT2D eigenvalue weighted by atomic mass is 32.1. The van der Waals surface area contributed by atoms with Crippen molar-refractivity contribution in [3.05, 3.63) is 52.0 Å². The van der Waals surface area contributed by atoms with Crippen LogP contribution in [-0.4, -0.2) is 17.4 Å². The van der Waals surface area contributed by atoms with Crippen molar-refractivity contribution in [3.8, 4) is 0 Å². The first-order valence-electron chi connectivity index (χ1n) is 7.70. The normalized spacial score (nSPS) is 11.4. The first kappa shape index (κ1) is 16.7. The van der Waals surface area contributed by atoms with E-state index in [1.54, 1.807) is 11.3 Å². The topological polar surface area (TPSA) is 42.0 Å². The lowest BCUT2D eigenvalue weighted by Crippen LogP contribution is -2.25. The molecule has 0 aliphatic heterocycles. The van der Waals surface area contributed by atoms with Crippen molar-refractivity contribution in [2.45, 2.75) is 45.4 Å². The number of nitrogens with zero attached hydrogens (tertiary/aromatic N) is 1. The molecule has 22 heavy (non-hydrogen) atoms. The van der Waals surface area contributed by atoms with E-state index in [1.165, 1.54) is 5.56 Å². The quantitative estimate of drug-likeness (QED) is 0.882. The van der Waals surface area contributed by atoms with Crippen LogP contribution in [0, 0.1) is 0 Å². The maximum Gasteiger partial charge on any atom is 0.220 e. The van der Waals surface area contributed by atoms with Gasteiger partial charge in [0.2, 0.25) is 5.91 Å². The number of hydrogen-bond acceptors (Lipinski definition) is 3. The van der Waals surface area contributed by atoms with Crippen molar-refractivity contribution in [2.24, 2.45) is 0 Å². The number of thiazole rings is 1. The molecule has 4 heteroatoms. The zero-order valence-corrected chi connectivity index (χ0v) is 14.4. The Hall–Kier alpha value is -1.68. The van der Waals surface area contributed by atoms with Gasteiger partial charge in [0, 0.05) is 30.2 Å². The smallest absolute Gasteiger partial charge is 0.220 e. The van der Waals surface area contributed by atoms with Crippen molar-refractivity contribution in [3.63, 3.8) is 0 Å². The summed E-state index contributed by atoms with van der Waals surface area (Å²) < 4.78 is 0. The first-order chi connectivity index (χ1) is 10.4. The molecular weight excluding hydrogens is 292 g/mol. The van der Waals surface area contributed by atoms with Gasteiger partial charge in [0.1, 0.15) is 0 Å². The summed E-state index contributed by atoms with van der Waals surface area (Å²) in [6, 6.07) is 10.2. The molecule has 0 bridgehead atoms. The number of hydrogen-bond donors (Lipinski definition) is 1. The average Bonchev–Trinajstić information content (AvgIpc) is 2.95. The molecule has 118 valence electrons. The first-order valence-corrected chi connectivity index (χ1v) is 8.58. The van der Waals surface area contributed by atoms with E-state index in [1.807, 2.05) is 18.2 Å². The second kappa shape index (κ2) is 7.54. The van der Waals surface area contributed by atoms with Crippen LogP contribution in [0.25, 0.3) is 0 Å². The molecule has 0 unspecified atom stereocenters. The van der Waals surface area contributed by atoms with E-state index in [2.05, 4.69) is 48.6 Å². The summed E-state index contributed by atoms with van der Waals surface area (Å²) >= 11 is 1.65. The Bertz CT molecular complexity index is 599. The van der Waals surface area contributed by atoms with Gasteiger partial charge in [-0.15, -0.1) is 11.3 Å². The van der Waals surface area contributed by atoms with Crippen molar-refractivity contribution in [1.29, 1.82) is 0 Å². The van der Waals surface area contributed by atoms with Crippen LogP contribution >= 0.6 is 11.3 Å². The monoisotopic (exact) mass is 316 g/mol. The molecule has 0 spiro atoms. The molecule has 1 heterocycles. The van der Waals surface area contributed by atoms with Crippen LogP contribution in [0.3, 0.4) is 0 Å². The van der Waals surface area contributed by atoms with E-state index in [0.717, 1.165) is 23.5 Å². The van der Waals surface area contributed by atoms with Gasteiger partial charge in [-0.1, -0.05) is 51.1 Å². The number of carbonyl (C=O) groups is 1. The minimum Gasteiger partial charge on any atom is -0.356 e. The third-order valence-electron chi connectivity index (χ3n) is 3.46. The number of amides is 1. The molecule has 1 N–H and O–H groups in total. The molecule has 2 aromatic rings. The standard InChI is InChI=1S/C18H24N2OS/c1-18(2,3)15-13-22-17(20-15)10-9-16(21)19-12-11-14-7-5-4-6-8-14/h4-8,13H,9-12H2,1-3H3,(H,19,21). The lowest BCUT2D eigenvalue weighted by Gasteiger charge is -2.14. The largest absolute Gasteiger partial charge is 0.356 e. The molecule has 3 nitrogen and oxygen atoms in total. The number of aryl methyl sites for hydroxylation is 1. The number of benzene rings is 1. The number of rotatable bonds is 6. The molecule has 1 aromatic carbocycles. The lowest BCUT2D eigenvalue weighted by atomic mass is 9.93. The van der Waals surface area contributed by atoms with E-state index in [0.29, 0.717) is 13.0 Å². The van der Waals surface area contributed by atoms with Crippen molar-refractivity contribution >= 4 is 17.2 Å². The van der Waals surface area contributed by atoms with Crippen LogP contribution in [0.2, 0.25) is 0 Å². The Morgan fingerprint density at radius 3 is 2.55 bits per heavy atom. The second-order valence-electron chi connectivity index (χ2n) is 6.46. The van der Waals surface area contributed by atoms with E-state index in [4.69, 9.17) is 0 Å². The van der Waals surface area contributed by atoms with Crippen LogP contribution in [0.4, 0.5) is 0 Å². The molecule has 0 fully saturated rings. The van der Waals surface area contributed by atoms with E-state index in [9.17, 15) is 4.79 Å². The van der Waals surface area contributed by atoms with Crippen molar-refractivity contribution in [1.82, 2.24) is 10.3 Å². The van der Waals surface area contributed by atoms with Crippen LogP contribution in [0.5, 0.6) is 0 Å². The molecule has 0 atom stereocenters. The summed E-state index contributed by atoms with van der Waals surface area (Å²) in [6.07, 6.45) is 2.10. The molecule has 2 rings (SSSR count). The molecule has 0 aliphatic rings. The van der Waals surface area contributed by atoms with Gasteiger partial charge in [0.25, 0.3) is 0 Å². The van der Waals surface area contributed by atoms with Gasteiger partial charge in [-0.2, -0.15) is 0 Å². The third kappa shape index (κ3) is 5.26. The predicted molar refractivity (Wildman–Crippen MR) is 92.3 cm³/mol. The van der Waals surface area contributed by atoms with E-state index < -0.39 is 0 Å². The highest BCUT2D eigenvalue weighted by molar-refractivity contribution is 7.09. The minimum atomic E-state index is 0.0761. The Kier molecular flexibility index (Phi) is 5.72. The minimum absolute atomic E-state index is 0.0761. The van der Waals surface area contributed by atoms with Crippen LogP contribution in [0.15, 0.2) is 35.7 Å². The molecule has 0 radical (unpaired) electrons. The number of carbonyl (C=O) groups excluding carboxylic acids is 1. The molecular formula is C18H24N2OS. The SMILES string of the molecule is CC(C)(C)c1csc(CCC(=O)NCCc2ccccc2)n1. The second-order valence-corrected chi connectivity index (χ2v) is 7.40. The average molecular weight is 316 g/mol. The lowest BCUT2D eigenvalue weighted by molar-refractivity contribution is -0.121. The molecule has 0 saturated heterocycles. The third-order valence-corrected chi connectivity index (χ3v) is 4.37. The molecule has 1 aromatic heterocycles. The molecule has 0 aliphatic carbocycles. The number of aromatic nitrogens is 1. The maximum absolute atomic E-state index is 11.9. The van der Waals surface area contributed by atoms with E-state index in [-0.39, 0.29) is 11.3 Å². The van der Waals surface area contributed by atoms with Crippen molar-refractivity contribution < 1.29 is 4.79 Å². The predicted octanol–water partition coefficient (Wildman–Crippen LogP) is 3.73.